The average molecular weight is 421 g/mol. The molecule has 1 fully saturated rings. The SMILES string of the molecule is CC[C@@H]1CC(=O)N[C@@H]1COc1nccc2cc(C(N)=O)c3nc(C(F)(F)F)cn3c12. The summed E-state index contributed by atoms with van der Waals surface area (Å²) in [4.78, 5) is 31.2. The molecule has 2 atom stereocenters. The van der Waals surface area contributed by atoms with E-state index >= 15 is 0 Å². The molecule has 0 aliphatic carbocycles. The predicted octanol–water partition coefficient (Wildman–Crippen LogP) is 2.29. The van der Waals surface area contributed by atoms with E-state index in [1.165, 1.54) is 18.3 Å². The van der Waals surface area contributed by atoms with Crippen molar-refractivity contribution in [1.29, 1.82) is 0 Å². The van der Waals surface area contributed by atoms with Crippen LogP contribution in [0.3, 0.4) is 0 Å². The van der Waals surface area contributed by atoms with Gasteiger partial charge in [0.15, 0.2) is 11.3 Å². The molecule has 0 aromatic carbocycles. The molecule has 8 nitrogen and oxygen atoms in total. The van der Waals surface area contributed by atoms with Gasteiger partial charge in [-0.15, -0.1) is 0 Å². The lowest BCUT2D eigenvalue weighted by atomic mass is 9.98. The Hall–Kier alpha value is -3.37. The molecule has 4 rings (SSSR count). The molecule has 2 amide bonds. The number of pyridine rings is 2. The summed E-state index contributed by atoms with van der Waals surface area (Å²) in [5.41, 5.74) is 4.02. The molecule has 0 spiro atoms. The van der Waals surface area contributed by atoms with Gasteiger partial charge in [-0.3, -0.25) is 14.0 Å². The Morgan fingerprint density at radius 3 is 2.87 bits per heavy atom. The summed E-state index contributed by atoms with van der Waals surface area (Å²) in [6.45, 7) is 2.07. The van der Waals surface area contributed by atoms with E-state index < -0.39 is 17.8 Å². The molecule has 1 aliphatic heterocycles. The lowest BCUT2D eigenvalue weighted by Gasteiger charge is -2.18. The highest BCUT2D eigenvalue weighted by Crippen LogP contribution is 2.33. The van der Waals surface area contributed by atoms with Gasteiger partial charge in [0.25, 0.3) is 5.91 Å². The average Bonchev–Trinajstić information content (AvgIpc) is 3.28. The van der Waals surface area contributed by atoms with Crippen molar-refractivity contribution in [3.8, 4) is 5.88 Å². The van der Waals surface area contributed by atoms with Gasteiger partial charge in [-0.2, -0.15) is 13.2 Å². The number of hydrogen-bond donors (Lipinski definition) is 2. The molecule has 1 saturated heterocycles. The second-order valence-electron chi connectivity index (χ2n) is 7.15. The van der Waals surface area contributed by atoms with Gasteiger partial charge in [0.2, 0.25) is 11.8 Å². The number of nitrogens with one attached hydrogen (secondary N) is 1. The van der Waals surface area contributed by atoms with Crippen molar-refractivity contribution in [3.63, 3.8) is 0 Å². The number of rotatable bonds is 5. The Kier molecular flexibility index (Phi) is 4.75. The van der Waals surface area contributed by atoms with Crippen LogP contribution in [0.5, 0.6) is 5.88 Å². The first kappa shape index (κ1) is 19.9. The van der Waals surface area contributed by atoms with Crippen LogP contribution in [0.1, 0.15) is 35.8 Å². The maximum absolute atomic E-state index is 13.3. The van der Waals surface area contributed by atoms with Crippen LogP contribution in [0.2, 0.25) is 0 Å². The number of carbonyl (C=O) groups is 2. The van der Waals surface area contributed by atoms with Gasteiger partial charge in [-0.25, -0.2) is 9.97 Å². The second-order valence-corrected chi connectivity index (χ2v) is 7.15. The van der Waals surface area contributed by atoms with Crippen molar-refractivity contribution in [1.82, 2.24) is 19.7 Å². The van der Waals surface area contributed by atoms with Crippen molar-refractivity contribution in [3.05, 3.63) is 35.8 Å². The summed E-state index contributed by atoms with van der Waals surface area (Å²) < 4.78 is 46.7. The van der Waals surface area contributed by atoms with E-state index in [1.807, 2.05) is 6.92 Å². The zero-order valence-corrected chi connectivity index (χ0v) is 15.9. The maximum atomic E-state index is 13.3. The van der Waals surface area contributed by atoms with Gasteiger partial charge >= 0.3 is 6.18 Å². The first-order chi connectivity index (χ1) is 14.2. The number of alkyl halides is 3. The van der Waals surface area contributed by atoms with Crippen molar-refractivity contribution < 1.29 is 27.5 Å². The number of nitrogens with zero attached hydrogens (tertiary/aromatic N) is 3. The molecule has 158 valence electrons. The maximum Gasteiger partial charge on any atom is 0.434 e. The molecule has 0 bridgehead atoms. The first-order valence-electron chi connectivity index (χ1n) is 9.29. The van der Waals surface area contributed by atoms with Crippen LogP contribution in [-0.4, -0.2) is 38.8 Å². The predicted molar refractivity (Wildman–Crippen MR) is 99.8 cm³/mol. The van der Waals surface area contributed by atoms with Gasteiger partial charge in [-0.05, 0) is 18.1 Å². The third kappa shape index (κ3) is 3.40. The van der Waals surface area contributed by atoms with Crippen LogP contribution >= 0.6 is 0 Å². The number of aromatic nitrogens is 3. The Labute approximate surface area is 168 Å². The Bertz CT molecular complexity index is 1160. The molecule has 0 saturated carbocycles. The first-order valence-corrected chi connectivity index (χ1v) is 9.29. The number of nitrogens with two attached hydrogens (primary N) is 1. The summed E-state index contributed by atoms with van der Waals surface area (Å²) in [5, 5.41) is 3.25. The smallest absolute Gasteiger partial charge is 0.434 e. The third-order valence-electron chi connectivity index (χ3n) is 5.25. The fourth-order valence-electron chi connectivity index (χ4n) is 3.73. The standard InChI is InChI=1S/C19H18F3N5O3/c1-2-9-6-14(28)25-12(9)8-30-18-15-10(3-4-24-18)5-11(16(23)29)17-26-13(7-27(15)17)19(20,21)22/h3-5,7,9,12H,2,6,8H2,1H3,(H2,23,29)(H,25,28)/t9-,12-/m1/s1. The molecule has 1 aliphatic rings. The quantitative estimate of drug-likeness (QED) is 0.657. The van der Waals surface area contributed by atoms with Crippen LogP contribution in [0.15, 0.2) is 24.5 Å². The highest BCUT2D eigenvalue weighted by atomic mass is 19.4. The number of halogens is 3. The van der Waals surface area contributed by atoms with E-state index in [2.05, 4.69) is 15.3 Å². The van der Waals surface area contributed by atoms with Crippen LogP contribution < -0.4 is 15.8 Å². The summed E-state index contributed by atoms with van der Waals surface area (Å²) in [7, 11) is 0. The van der Waals surface area contributed by atoms with E-state index in [9.17, 15) is 22.8 Å². The van der Waals surface area contributed by atoms with Crippen LogP contribution in [-0.2, 0) is 11.0 Å². The van der Waals surface area contributed by atoms with Crippen LogP contribution in [0.25, 0.3) is 16.6 Å². The van der Waals surface area contributed by atoms with Gasteiger partial charge < -0.3 is 15.8 Å². The molecule has 3 aromatic heterocycles. The molecule has 4 heterocycles. The largest absolute Gasteiger partial charge is 0.474 e. The molecular weight excluding hydrogens is 403 g/mol. The van der Waals surface area contributed by atoms with Gasteiger partial charge in [0.05, 0.1) is 11.6 Å². The minimum absolute atomic E-state index is 0.0654. The summed E-state index contributed by atoms with van der Waals surface area (Å²) in [6, 6.07) is 2.67. The molecule has 3 N–H and O–H groups in total. The lowest BCUT2D eigenvalue weighted by Crippen LogP contribution is -2.34. The molecule has 0 unspecified atom stereocenters. The Morgan fingerprint density at radius 1 is 1.43 bits per heavy atom. The van der Waals surface area contributed by atoms with Crippen molar-refractivity contribution in [2.75, 3.05) is 6.61 Å². The molecule has 3 aromatic rings. The highest BCUT2D eigenvalue weighted by Gasteiger charge is 2.35. The zero-order valence-electron chi connectivity index (χ0n) is 15.9. The zero-order chi connectivity index (χ0) is 21.6. The summed E-state index contributed by atoms with van der Waals surface area (Å²) in [6.07, 6.45) is -1.33. The molecule has 0 radical (unpaired) electrons. The number of carbonyl (C=O) groups excluding carboxylic acids is 2. The van der Waals surface area contributed by atoms with Crippen molar-refractivity contribution in [2.24, 2.45) is 11.7 Å². The van der Waals surface area contributed by atoms with Crippen LogP contribution in [0.4, 0.5) is 13.2 Å². The van der Waals surface area contributed by atoms with Crippen molar-refractivity contribution in [2.45, 2.75) is 32.0 Å². The van der Waals surface area contributed by atoms with Gasteiger partial charge in [0.1, 0.15) is 12.1 Å². The third-order valence-corrected chi connectivity index (χ3v) is 5.25. The van der Waals surface area contributed by atoms with Gasteiger partial charge in [0, 0.05) is 24.2 Å². The van der Waals surface area contributed by atoms with E-state index in [0.717, 1.165) is 17.0 Å². The number of imidazole rings is 1. The molecular formula is C19H18F3N5O3. The van der Waals surface area contributed by atoms with Gasteiger partial charge in [-0.1, -0.05) is 13.3 Å². The second kappa shape index (κ2) is 7.15. The number of ether oxygens (including phenoxy) is 1. The summed E-state index contributed by atoms with van der Waals surface area (Å²) >= 11 is 0. The summed E-state index contributed by atoms with van der Waals surface area (Å²) in [5.74, 6) is -0.811. The Balaban J connectivity index is 1.82. The molecule has 30 heavy (non-hydrogen) atoms. The lowest BCUT2D eigenvalue weighted by molar-refractivity contribution is -0.140. The minimum Gasteiger partial charge on any atom is -0.474 e. The number of amides is 2. The highest BCUT2D eigenvalue weighted by molar-refractivity contribution is 6.03. The number of fused-ring (bicyclic) bond motifs is 3. The number of primary amides is 1. The minimum atomic E-state index is -4.71. The van der Waals surface area contributed by atoms with E-state index in [4.69, 9.17) is 10.5 Å². The van der Waals surface area contributed by atoms with E-state index in [1.54, 1.807) is 0 Å². The number of hydrogen-bond acceptors (Lipinski definition) is 5. The van der Waals surface area contributed by atoms with E-state index in [-0.39, 0.29) is 47.1 Å². The monoisotopic (exact) mass is 421 g/mol. The molecule has 11 heteroatoms. The van der Waals surface area contributed by atoms with Crippen molar-refractivity contribution >= 4 is 28.4 Å². The fraction of sp³-hybridized carbons (Fsp3) is 0.368. The van der Waals surface area contributed by atoms with Crippen LogP contribution in [0, 0.1) is 5.92 Å². The topological polar surface area (TPSA) is 112 Å². The van der Waals surface area contributed by atoms with E-state index in [0.29, 0.717) is 11.8 Å². The fourth-order valence-corrected chi connectivity index (χ4v) is 3.73. The Morgan fingerprint density at radius 2 is 2.20 bits per heavy atom. The normalized spacial score (nSPS) is 19.4.